The van der Waals surface area contributed by atoms with E-state index in [0.717, 1.165) is 12.1 Å². The molecule has 0 heterocycles. The second-order valence-electron chi connectivity index (χ2n) is 2.18. The Morgan fingerprint density at radius 3 is 2.69 bits per heavy atom. The fraction of sp³-hybridized carbons (Fsp3) is 0. The number of benzene rings is 1. The summed E-state index contributed by atoms with van der Waals surface area (Å²) in [4.78, 5) is 10.9. The van der Waals surface area contributed by atoms with Gasteiger partial charge in [-0.25, -0.2) is 4.39 Å². The van der Waals surface area contributed by atoms with Gasteiger partial charge in [0, 0.05) is 5.56 Å². The first-order chi connectivity index (χ1) is 5.74. The van der Waals surface area contributed by atoms with Crippen molar-refractivity contribution in [2.75, 3.05) is 0 Å². The van der Waals surface area contributed by atoms with E-state index >= 15 is 0 Å². The number of hydrogen-bond acceptors (Lipinski definition) is 2. The zero-order valence-corrected chi connectivity index (χ0v) is 9.16. The van der Waals surface area contributed by atoms with Gasteiger partial charge in [0.2, 0.25) is 0 Å². The van der Waals surface area contributed by atoms with Gasteiger partial charge in [-0.15, -0.1) is 6.26 Å². The topological polar surface area (TPSA) is 40.1 Å². The van der Waals surface area contributed by atoms with Gasteiger partial charge in [0.25, 0.3) is 0 Å². The molecule has 0 spiro atoms. The van der Waals surface area contributed by atoms with Crippen molar-refractivity contribution in [2.24, 2.45) is 0 Å². The van der Waals surface area contributed by atoms with Crippen molar-refractivity contribution < 1.29 is 43.8 Å². The zero-order chi connectivity index (χ0) is 8.97. The van der Waals surface area contributed by atoms with E-state index in [9.17, 15) is 14.3 Å². The van der Waals surface area contributed by atoms with Gasteiger partial charge in [-0.2, -0.15) is 0 Å². The van der Waals surface area contributed by atoms with Crippen molar-refractivity contribution >= 4 is 5.78 Å². The average molecular weight is 188 g/mol. The van der Waals surface area contributed by atoms with Gasteiger partial charge in [-0.05, 0) is 18.2 Å². The number of allylic oxidation sites excluding steroid dienone is 1. The second kappa shape index (κ2) is 5.91. The van der Waals surface area contributed by atoms with Crippen LogP contribution in [0.15, 0.2) is 36.6 Å². The Balaban J connectivity index is 0.00000144. The van der Waals surface area contributed by atoms with Crippen LogP contribution < -0.4 is 34.7 Å². The molecule has 0 aromatic heterocycles. The van der Waals surface area contributed by atoms with Crippen molar-refractivity contribution in [2.45, 2.75) is 0 Å². The van der Waals surface area contributed by atoms with E-state index in [0.29, 0.717) is 6.26 Å². The summed E-state index contributed by atoms with van der Waals surface area (Å²) in [5, 5.41) is 9.90. The molecule has 0 radical (unpaired) electrons. The van der Waals surface area contributed by atoms with Crippen LogP contribution in [-0.4, -0.2) is 5.78 Å². The summed E-state index contributed by atoms with van der Waals surface area (Å²) in [6.45, 7) is 0. The fourth-order valence-electron chi connectivity index (χ4n) is 0.800. The molecule has 13 heavy (non-hydrogen) atoms. The Labute approximate surface area is 97.4 Å². The van der Waals surface area contributed by atoms with Gasteiger partial charge in [-0.3, -0.25) is 4.79 Å². The first kappa shape index (κ1) is 12.4. The largest absolute Gasteiger partial charge is 1.00 e. The molecule has 62 valence electrons. The number of carbonyl (C=O) groups excluding carboxylic acids is 1. The van der Waals surface area contributed by atoms with E-state index in [1.54, 1.807) is 0 Å². The van der Waals surface area contributed by atoms with Gasteiger partial charge in [0.15, 0.2) is 5.78 Å². The van der Waals surface area contributed by atoms with Gasteiger partial charge in [0.1, 0.15) is 5.82 Å². The molecule has 0 fully saturated rings. The Morgan fingerprint density at radius 1 is 1.46 bits per heavy atom. The summed E-state index contributed by atoms with van der Waals surface area (Å²) in [5.74, 6) is -0.968. The van der Waals surface area contributed by atoms with E-state index < -0.39 is 11.6 Å². The van der Waals surface area contributed by atoms with Crippen LogP contribution in [0.4, 0.5) is 4.39 Å². The molecule has 1 aromatic rings. The maximum absolute atomic E-state index is 12.5. The predicted octanol–water partition coefficient (Wildman–Crippen LogP) is -2.11. The summed E-state index contributed by atoms with van der Waals surface area (Å²) < 4.78 is 12.5. The maximum atomic E-state index is 12.5. The SMILES string of the molecule is O=C(/C=C/[O-])c1cccc(F)c1.[Na+]. The molecule has 0 N–H and O–H groups in total. The van der Waals surface area contributed by atoms with Crippen LogP contribution >= 0.6 is 0 Å². The molecule has 1 aromatic carbocycles. The van der Waals surface area contributed by atoms with E-state index in [4.69, 9.17) is 0 Å². The predicted molar refractivity (Wildman–Crippen MR) is 39.9 cm³/mol. The summed E-state index contributed by atoms with van der Waals surface area (Å²) in [7, 11) is 0. The first-order valence-electron chi connectivity index (χ1n) is 3.32. The molecule has 0 atom stereocenters. The van der Waals surface area contributed by atoms with Crippen LogP contribution in [0, 0.1) is 5.82 Å². The zero-order valence-electron chi connectivity index (χ0n) is 7.16. The van der Waals surface area contributed by atoms with E-state index in [1.807, 2.05) is 0 Å². The maximum Gasteiger partial charge on any atom is 1.00 e. The van der Waals surface area contributed by atoms with Crippen molar-refractivity contribution in [3.8, 4) is 0 Å². The molecule has 0 bridgehead atoms. The van der Waals surface area contributed by atoms with Gasteiger partial charge in [-0.1, -0.05) is 12.1 Å². The average Bonchev–Trinajstić information content (AvgIpc) is 2.05. The molecule has 0 aliphatic carbocycles. The van der Waals surface area contributed by atoms with E-state index in [-0.39, 0.29) is 35.1 Å². The minimum absolute atomic E-state index is 0. The molecule has 4 heteroatoms. The molecule has 0 aliphatic rings. The standard InChI is InChI=1S/C9H7FO2.Na/c10-8-3-1-2-7(6-8)9(12)4-5-11;/h1-6,11H;/q;+1/p-1/b5-4+;. The van der Waals surface area contributed by atoms with Crippen LogP contribution in [0.2, 0.25) is 0 Å². The summed E-state index contributed by atoms with van der Waals surface area (Å²) >= 11 is 0. The van der Waals surface area contributed by atoms with E-state index in [1.165, 1.54) is 18.2 Å². The van der Waals surface area contributed by atoms with E-state index in [2.05, 4.69) is 0 Å². The molecular weight excluding hydrogens is 182 g/mol. The molecule has 0 saturated carbocycles. The third-order valence-corrected chi connectivity index (χ3v) is 1.33. The second-order valence-corrected chi connectivity index (χ2v) is 2.18. The molecule has 0 aliphatic heterocycles. The number of rotatable bonds is 2. The fourth-order valence-corrected chi connectivity index (χ4v) is 0.800. The van der Waals surface area contributed by atoms with Gasteiger partial charge >= 0.3 is 29.6 Å². The summed E-state index contributed by atoms with van der Waals surface area (Å²) in [5.41, 5.74) is 0.183. The smallest absolute Gasteiger partial charge is 0.878 e. The molecule has 0 unspecified atom stereocenters. The monoisotopic (exact) mass is 188 g/mol. The third-order valence-electron chi connectivity index (χ3n) is 1.33. The van der Waals surface area contributed by atoms with Crippen LogP contribution in [0.5, 0.6) is 0 Å². The Hall–Kier alpha value is -0.640. The summed E-state index contributed by atoms with van der Waals surface area (Å²) in [6.07, 6.45) is 1.24. The van der Waals surface area contributed by atoms with Crippen LogP contribution in [0.3, 0.4) is 0 Å². The number of halogens is 1. The van der Waals surface area contributed by atoms with Crippen molar-refractivity contribution in [1.29, 1.82) is 0 Å². The van der Waals surface area contributed by atoms with Crippen molar-refractivity contribution in [3.63, 3.8) is 0 Å². The number of hydrogen-bond donors (Lipinski definition) is 0. The molecular formula is C9H6FNaO2. The van der Waals surface area contributed by atoms with Crippen LogP contribution in [0.1, 0.15) is 10.4 Å². The molecule has 0 saturated heterocycles. The number of ketones is 1. The Kier molecular flexibility index (Phi) is 5.62. The molecule has 2 nitrogen and oxygen atoms in total. The van der Waals surface area contributed by atoms with Crippen molar-refractivity contribution in [1.82, 2.24) is 0 Å². The molecule has 1 rings (SSSR count). The quantitative estimate of drug-likeness (QED) is 0.230. The van der Waals surface area contributed by atoms with Gasteiger partial charge < -0.3 is 5.11 Å². The number of carbonyl (C=O) groups is 1. The Bertz CT molecular complexity index is 323. The normalized spacial score (nSPS) is 9.62. The van der Waals surface area contributed by atoms with Crippen LogP contribution in [0.25, 0.3) is 0 Å². The van der Waals surface area contributed by atoms with Gasteiger partial charge in [0.05, 0.1) is 0 Å². The van der Waals surface area contributed by atoms with Crippen LogP contribution in [-0.2, 0) is 0 Å². The minimum Gasteiger partial charge on any atom is -0.878 e. The first-order valence-corrected chi connectivity index (χ1v) is 3.32. The third kappa shape index (κ3) is 3.72. The Morgan fingerprint density at radius 2 is 2.15 bits per heavy atom. The molecule has 0 amide bonds. The summed E-state index contributed by atoms with van der Waals surface area (Å²) in [6, 6.07) is 5.19. The van der Waals surface area contributed by atoms with Crippen molar-refractivity contribution in [3.05, 3.63) is 48.0 Å². The minimum atomic E-state index is -0.486.